The summed E-state index contributed by atoms with van der Waals surface area (Å²) in [6.07, 6.45) is 5.53. The molecule has 0 spiro atoms. The van der Waals surface area contributed by atoms with Gasteiger partial charge < -0.3 is 19.8 Å². The second kappa shape index (κ2) is 6.96. The van der Waals surface area contributed by atoms with Gasteiger partial charge >= 0.3 is 0 Å². The average molecular weight is 275 g/mol. The molecule has 0 fully saturated rings. The maximum atomic E-state index is 5.55. The predicted octanol–water partition coefficient (Wildman–Crippen LogP) is 1.84. The van der Waals surface area contributed by atoms with Crippen LogP contribution in [0, 0.1) is 0 Å². The molecule has 2 aromatic rings. The molecule has 5 nitrogen and oxygen atoms in total. The first-order valence-electron chi connectivity index (χ1n) is 6.69. The molecule has 108 valence electrons. The van der Waals surface area contributed by atoms with Crippen LogP contribution in [0.15, 0.2) is 30.6 Å². The molecule has 0 bridgehead atoms. The van der Waals surface area contributed by atoms with Crippen LogP contribution in [-0.2, 0) is 13.0 Å². The average Bonchev–Trinajstić information content (AvgIpc) is 2.92. The Morgan fingerprint density at radius 1 is 1.20 bits per heavy atom. The predicted molar refractivity (Wildman–Crippen MR) is 78.3 cm³/mol. The number of nitrogens with two attached hydrogens (primary N) is 1. The fourth-order valence-electron chi connectivity index (χ4n) is 2.15. The summed E-state index contributed by atoms with van der Waals surface area (Å²) in [4.78, 5) is 4.41. The molecule has 0 atom stereocenters. The molecule has 0 saturated heterocycles. The van der Waals surface area contributed by atoms with Crippen LogP contribution >= 0.6 is 0 Å². The van der Waals surface area contributed by atoms with Gasteiger partial charge in [0.15, 0.2) is 11.5 Å². The Balaban J connectivity index is 2.15. The highest BCUT2D eigenvalue weighted by Gasteiger charge is 2.08. The van der Waals surface area contributed by atoms with Crippen LogP contribution in [0.1, 0.15) is 17.8 Å². The van der Waals surface area contributed by atoms with Crippen LogP contribution in [0.5, 0.6) is 11.5 Å². The lowest BCUT2D eigenvalue weighted by atomic mass is 10.1. The summed E-state index contributed by atoms with van der Waals surface area (Å²) < 4.78 is 12.7. The van der Waals surface area contributed by atoms with Crippen LogP contribution in [0.25, 0.3) is 0 Å². The van der Waals surface area contributed by atoms with Crippen molar-refractivity contribution in [2.24, 2.45) is 5.73 Å². The molecule has 0 saturated carbocycles. The summed E-state index contributed by atoms with van der Waals surface area (Å²) in [7, 11) is 3.28. The molecular formula is C15H21N3O2. The van der Waals surface area contributed by atoms with Crippen molar-refractivity contribution in [3.8, 4) is 11.5 Å². The minimum atomic E-state index is 0.688. The summed E-state index contributed by atoms with van der Waals surface area (Å²) in [5, 5.41) is 0. The number of ether oxygens (including phenoxy) is 2. The Hall–Kier alpha value is -2.01. The first kappa shape index (κ1) is 14.4. The molecule has 0 amide bonds. The Morgan fingerprint density at radius 2 is 2.00 bits per heavy atom. The van der Waals surface area contributed by atoms with E-state index in [1.54, 1.807) is 14.2 Å². The van der Waals surface area contributed by atoms with Crippen LogP contribution in [0.4, 0.5) is 0 Å². The van der Waals surface area contributed by atoms with Crippen molar-refractivity contribution in [2.75, 3.05) is 20.8 Å². The normalized spacial score (nSPS) is 10.6. The zero-order chi connectivity index (χ0) is 14.4. The van der Waals surface area contributed by atoms with Gasteiger partial charge in [0.25, 0.3) is 0 Å². The fraction of sp³-hybridized carbons (Fsp3) is 0.400. The number of hydrogen-bond acceptors (Lipinski definition) is 4. The molecule has 1 heterocycles. The number of nitrogens with zero attached hydrogens (tertiary/aromatic N) is 2. The maximum Gasteiger partial charge on any atom is 0.161 e. The molecule has 0 aliphatic rings. The third-order valence-electron chi connectivity index (χ3n) is 3.22. The van der Waals surface area contributed by atoms with Crippen LogP contribution in [-0.4, -0.2) is 30.3 Å². The Labute approximate surface area is 119 Å². The van der Waals surface area contributed by atoms with E-state index in [2.05, 4.69) is 9.55 Å². The molecule has 0 aliphatic heterocycles. The molecule has 0 unspecified atom stereocenters. The number of hydrogen-bond donors (Lipinski definition) is 1. The Morgan fingerprint density at radius 3 is 2.70 bits per heavy atom. The summed E-state index contributed by atoms with van der Waals surface area (Å²) in [5.74, 6) is 2.51. The lowest BCUT2D eigenvalue weighted by molar-refractivity contribution is 0.354. The SMILES string of the molecule is COc1ccc(Cc2nccn2CCCN)cc1OC. The van der Waals surface area contributed by atoms with Crippen LogP contribution in [0.2, 0.25) is 0 Å². The van der Waals surface area contributed by atoms with E-state index in [0.717, 1.165) is 42.3 Å². The van der Waals surface area contributed by atoms with Crippen molar-refractivity contribution in [3.63, 3.8) is 0 Å². The van der Waals surface area contributed by atoms with Crippen molar-refractivity contribution < 1.29 is 9.47 Å². The minimum Gasteiger partial charge on any atom is -0.493 e. The van der Waals surface area contributed by atoms with Gasteiger partial charge in [-0.15, -0.1) is 0 Å². The smallest absolute Gasteiger partial charge is 0.161 e. The molecule has 1 aromatic heterocycles. The zero-order valence-corrected chi connectivity index (χ0v) is 12.0. The van der Waals surface area contributed by atoms with Crippen molar-refractivity contribution in [2.45, 2.75) is 19.4 Å². The number of methoxy groups -OCH3 is 2. The fourth-order valence-corrected chi connectivity index (χ4v) is 2.15. The van der Waals surface area contributed by atoms with Gasteiger partial charge in [-0.25, -0.2) is 4.98 Å². The summed E-state index contributed by atoms with van der Waals surface area (Å²) in [6.45, 7) is 1.59. The zero-order valence-electron chi connectivity index (χ0n) is 12.0. The first-order valence-corrected chi connectivity index (χ1v) is 6.69. The van der Waals surface area contributed by atoms with Gasteiger partial charge in [-0.3, -0.25) is 0 Å². The van der Waals surface area contributed by atoms with Crippen molar-refractivity contribution in [1.29, 1.82) is 0 Å². The highest BCUT2D eigenvalue weighted by Crippen LogP contribution is 2.28. The molecule has 20 heavy (non-hydrogen) atoms. The van der Waals surface area contributed by atoms with E-state index < -0.39 is 0 Å². The molecule has 2 N–H and O–H groups in total. The van der Waals surface area contributed by atoms with Gasteiger partial charge in [-0.05, 0) is 30.7 Å². The molecule has 0 radical (unpaired) electrons. The van der Waals surface area contributed by atoms with Crippen molar-refractivity contribution >= 4 is 0 Å². The van der Waals surface area contributed by atoms with Gasteiger partial charge in [0.1, 0.15) is 5.82 Å². The second-order valence-electron chi connectivity index (χ2n) is 4.55. The Kier molecular flexibility index (Phi) is 5.01. The summed E-state index contributed by atoms with van der Waals surface area (Å²) in [5.41, 5.74) is 6.69. The van der Waals surface area contributed by atoms with E-state index in [1.165, 1.54) is 0 Å². The number of aromatic nitrogens is 2. The quantitative estimate of drug-likeness (QED) is 0.837. The van der Waals surface area contributed by atoms with Crippen molar-refractivity contribution in [1.82, 2.24) is 9.55 Å². The highest BCUT2D eigenvalue weighted by molar-refractivity contribution is 5.43. The third-order valence-corrected chi connectivity index (χ3v) is 3.22. The van der Waals surface area contributed by atoms with E-state index in [-0.39, 0.29) is 0 Å². The van der Waals surface area contributed by atoms with Crippen LogP contribution < -0.4 is 15.2 Å². The third kappa shape index (κ3) is 3.30. The summed E-state index contributed by atoms with van der Waals surface area (Å²) in [6, 6.07) is 5.94. The maximum absolute atomic E-state index is 5.55. The lowest BCUT2D eigenvalue weighted by Crippen LogP contribution is -2.08. The minimum absolute atomic E-state index is 0.688. The largest absolute Gasteiger partial charge is 0.493 e. The van der Waals surface area contributed by atoms with E-state index in [1.807, 2.05) is 30.6 Å². The van der Waals surface area contributed by atoms with E-state index in [0.29, 0.717) is 6.54 Å². The van der Waals surface area contributed by atoms with E-state index in [9.17, 15) is 0 Å². The highest BCUT2D eigenvalue weighted by atomic mass is 16.5. The molecule has 0 aliphatic carbocycles. The topological polar surface area (TPSA) is 62.3 Å². The number of rotatable bonds is 7. The number of imidazole rings is 1. The Bertz CT molecular complexity index is 552. The number of benzene rings is 1. The van der Waals surface area contributed by atoms with Gasteiger partial charge in [0.05, 0.1) is 14.2 Å². The number of aryl methyl sites for hydroxylation is 1. The molecule has 2 rings (SSSR count). The van der Waals surface area contributed by atoms with Gasteiger partial charge in [-0.2, -0.15) is 0 Å². The molecule has 1 aromatic carbocycles. The van der Waals surface area contributed by atoms with Crippen LogP contribution in [0.3, 0.4) is 0 Å². The van der Waals surface area contributed by atoms with E-state index >= 15 is 0 Å². The van der Waals surface area contributed by atoms with Gasteiger partial charge in [0, 0.05) is 25.4 Å². The van der Waals surface area contributed by atoms with Gasteiger partial charge in [-0.1, -0.05) is 6.07 Å². The van der Waals surface area contributed by atoms with E-state index in [4.69, 9.17) is 15.2 Å². The van der Waals surface area contributed by atoms with Gasteiger partial charge in [0.2, 0.25) is 0 Å². The standard InChI is InChI=1S/C15H21N3O2/c1-19-13-5-4-12(10-14(13)20-2)11-15-17-7-9-18(15)8-3-6-16/h4-5,7,9-10H,3,6,8,11,16H2,1-2H3. The lowest BCUT2D eigenvalue weighted by Gasteiger charge is -2.10. The molecular weight excluding hydrogens is 254 g/mol. The monoisotopic (exact) mass is 275 g/mol. The molecule has 5 heteroatoms. The van der Waals surface area contributed by atoms with Crippen molar-refractivity contribution in [3.05, 3.63) is 42.0 Å². The first-order chi connectivity index (χ1) is 9.78. The summed E-state index contributed by atoms with van der Waals surface area (Å²) >= 11 is 0. The second-order valence-corrected chi connectivity index (χ2v) is 4.55.